The average molecular weight is 679 g/mol. The zero-order valence-corrected chi connectivity index (χ0v) is 28.1. The highest BCUT2D eigenvalue weighted by atomic mass is 32.1. The third-order valence-corrected chi connectivity index (χ3v) is 9.26. The van der Waals surface area contributed by atoms with Gasteiger partial charge in [-0.1, -0.05) is 56.3 Å². The lowest BCUT2D eigenvalue weighted by Crippen LogP contribution is -2.57. The summed E-state index contributed by atoms with van der Waals surface area (Å²) in [4.78, 5) is 53.3. The maximum absolute atomic E-state index is 13.8. The first kappa shape index (κ1) is 35.5. The molecule has 0 saturated carbocycles. The standard InChI is InChI=1S/C33H42N8O4S2/c1-20(2)28(41-30(44)25(17-22-18-46-19-37-22)38-27(42)15-14-21-9-4-3-5-10-21)31(45)39-24(12-8-16-36-33(34)35)29(43)32-40-23-11-6-7-13-26(23)47-32/h3-7,9-11,13,18-20,24-25,28-29,43H,8,12,14-17H2,1-2H3,(H,38,42)(H,39,45)(H,41,44)(H4,34,35,36)/t24-,25-,28-,29-/m0/s1. The molecular weight excluding hydrogens is 637 g/mol. The number of benzene rings is 2. The molecule has 3 amide bonds. The number of aliphatic hydroxyl groups is 1. The van der Waals surface area contributed by atoms with Gasteiger partial charge in [-0.2, -0.15) is 0 Å². The van der Waals surface area contributed by atoms with Crippen molar-refractivity contribution in [1.82, 2.24) is 25.9 Å². The van der Waals surface area contributed by atoms with Gasteiger partial charge in [0.1, 0.15) is 23.2 Å². The molecule has 0 saturated heterocycles. The number of carbonyl (C=O) groups excluding carboxylic acids is 3. The summed E-state index contributed by atoms with van der Waals surface area (Å²) in [5, 5.41) is 22.3. The number of nitrogens with zero attached hydrogens (tertiary/aromatic N) is 3. The number of aromatic nitrogens is 2. The number of nitrogens with two attached hydrogens (primary N) is 2. The molecule has 0 aliphatic carbocycles. The van der Waals surface area contributed by atoms with Gasteiger partial charge < -0.3 is 32.5 Å². The second-order valence-corrected chi connectivity index (χ2v) is 13.3. The maximum Gasteiger partial charge on any atom is 0.243 e. The number of carbonyl (C=O) groups is 3. The molecule has 12 nitrogen and oxygen atoms in total. The minimum absolute atomic E-state index is 0.0424. The Morgan fingerprint density at radius 1 is 0.979 bits per heavy atom. The highest BCUT2D eigenvalue weighted by Crippen LogP contribution is 2.29. The molecule has 0 fully saturated rings. The summed E-state index contributed by atoms with van der Waals surface area (Å²) in [5.74, 6) is -1.61. The Hall–Kier alpha value is -4.40. The second-order valence-electron chi connectivity index (χ2n) is 11.5. The highest BCUT2D eigenvalue weighted by Gasteiger charge is 2.33. The van der Waals surface area contributed by atoms with E-state index in [1.165, 1.54) is 22.7 Å². The highest BCUT2D eigenvalue weighted by molar-refractivity contribution is 7.18. The molecule has 4 rings (SSSR count). The molecule has 0 radical (unpaired) electrons. The Morgan fingerprint density at radius 2 is 1.72 bits per heavy atom. The first-order valence-electron chi connectivity index (χ1n) is 15.5. The summed E-state index contributed by atoms with van der Waals surface area (Å²) in [6.07, 6.45) is 0.611. The Morgan fingerprint density at radius 3 is 2.40 bits per heavy atom. The quantitative estimate of drug-likeness (QED) is 0.0557. The largest absolute Gasteiger partial charge is 0.384 e. The predicted octanol–water partition coefficient (Wildman–Crippen LogP) is 2.83. The van der Waals surface area contributed by atoms with Gasteiger partial charge in [-0.3, -0.25) is 19.4 Å². The normalized spacial score (nSPS) is 13.8. The molecule has 0 unspecified atom stereocenters. The number of aryl methyl sites for hydroxylation is 1. The van der Waals surface area contributed by atoms with Crippen LogP contribution in [0.5, 0.6) is 0 Å². The van der Waals surface area contributed by atoms with E-state index in [4.69, 9.17) is 11.5 Å². The van der Waals surface area contributed by atoms with E-state index >= 15 is 0 Å². The lowest BCUT2D eigenvalue weighted by Gasteiger charge is -2.29. The zero-order valence-electron chi connectivity index (χ0n) is 26.5. The number of amides is 3. The number of aliphatic hydroxyl groups excluding tert-OH is 1. The summed E-state index contributed by atoms with van der Waals surface area (Å²) in [6.45, 7) is 3.94. The van der Waals surface area contributed by atoms with Crippen molar-refractivity contribution in [2.75, 3.05) is 6.54 Å². The van der Waals surface area contributed by atoms with Crippen LogP contribution in [-0.4, -0.2) is 63.4 Å². The van der Waals surface area contributed by atoms with Crippen LogP contribution in [0.25, 0.3) is 10.2 Å². The molecule has 0 aliphatic rings. The monoisotopic (exact) mass is 678 g/mol. The lowest BCUT2D eigenvalue weighted by molar-refractivity contribution is -0.133. The first-order chi connectivity index (χ1) is 22.6. The van der Waals surface area contributed by atoms with E-state index in [1.807, 2.05) is 73.8 Å². The van der Waals surface area contributed by atoms with Crippen molar-refractivity contribution in [3.63, 3.8) is 0 Å². The van der Waals surface area contributed by atoms with Gasteiger partial charge in [0.2, 0.25) is 17.7 Å². The third-order valence-electron chi connectivity index (χ3n) is 7.52. The number of rotatable bonds is 17. The summed E-state index contributed by atoms with van der Waals surface area (Å²) in [7, 11) is 0. The third kappa shape index (κ3) is 10.8. The molecule has 4 aromatic rings. The average Bonchev–Trinajstić information content (AvgIpc) is 3.73. The summed E-state index contributed by atoms with van der Waals surface area (Å²) in [6, 6.07) is 14.5. The number of aliphatic imine (C=N–C) groups is 1. The predicted molar refractivity (Wildman–Crippen MR) is 186 cm³/mol. The number of nitrogens with one attached hydrogen (secondary N) is 3. The summed E-state index contributed by atoms with van der Waals surface area (Å²) < 4.78 is 0.913. The SMILES string of the molecule is CC(C)[C@H](NC(=O)[C@H](Cc1cscn1)NC(=O)CCc1ccccc1)C(=O)N[C@@H](CCCN=C(N)N)[C@H](O)c1nc2ccccc2s1. The molecule has 0 aliphatic heterocycles. The Bertz CT molecular complexity index is 1590. The fraction of sp³-hybridized carbons (Fsp3) is 0.394. The van der Waals surface area contributed by atoms with Gasteiger partial charge in [0, 0.05) is 24.8 Å². The molecule has 14 heteroatoms. The van der Waals surface area contributed by atoms with Crippen molar-refractivity contribution >= 4 is 56.6 Å². The fourth-order valence-electron chi connectivity index (χ4n) is 5.00. The van der Waals surface area contributed by atoms with Crippen molar-refractivity contribution < 1.29 is 19.5 Å². The Labute approximate surface area is 282 Å². The number of guanidine groups is 1. The molecule has 47 heavy (non-hydrogen) atoms. The smallest absolute Gasteiger partial charge is 0.243 e. The van der Waals surface area contributed by atoms with Crippen molar-refractivity contribution in [1.29, 1.82) is 0 Å². The van der Waals surface area contributed by atoms with Gasteiger partial charge in [0.05, 0.1) is 27.5 Å². The van der Waals surface area contributed by atoms with Gasteiger partial charge in [0.25, 0.3) is 0 Å². The van der Waals surface area contributed by atoms with Crippen LogP contribution in [0, 0.1) is 5.92 Å². The minimum Gasteiger partial charge on any atom is -0.384 e. The molecule has 250 valence electrons. The topological polar surface area (TPSA) is 198 Å². The van der Waals surface area contributed by atoms with E-state index in [0.717, 1.165) is 15.8 Å². The molecular formula is C33H42N8O4S2. The van der Waals surface area contributed by atoms with E-state index in [-0.39, 0.29) is 30.6 Å². The van der Waals surface area contributed by atoms with Crippen molar-refractivity contribution in [3.8, 4) is 0 Å². The van der Waals surface area contributed by atoms with Crippen molar-refractivity contribution in [2.45, 2.75) is 70.2 Å². The van der Waals surface area contributed by atoms with Gasteiger partial charge in [-0.05, 0) is 42.9 Å². The van der Waals surface area contributed by atoms with E-state index < -0.39 is 36.0 Å². The van der Waals surface area contributed by atoms with Crippen LogP contribution in [0.2, 0.25) is 0 Å². The Kier molecular flexibility index (Phi) is 13.2. The van der Waals surface area contributed by atoms with Crippen LogP contribution in [0.3, 0.4) is 0 Å². The van der Waals surface area contributed by atoms with Crippen LogP contribution in [-0.2, 0) is 27.2 Å². The molecule has 2 heterocycles. The summed E-state index contributed by atoms with van der Waals surface area (Å²) >= 11 is 2.74. The summed E-state index contributed by atoms with van der Waals surface area (Å²) in [5.41, 5.74) is 15.0. The van der Waals surface area contributed by atoms with Crippen molar-refractivity contribution in [3.05, 3.63) is 81.8 Å². The van der Waals surface area contributed by atoms with Crippen molar-refractivity contribution in [2.24, 2.45) is 22.4 Å². The molecule has 0 spiro atoms. The lowest BCUT2D eigenvalue weighted by atomic mass is 9.99. The van der Waals surface area contributed by atoms with Gasteiger partial charge in [-0.25, -0.2) is 9.97 Å². The van der Waals surface area contributed by atoms with Gasteiger partial charge >= 0.3 is 0 Å². The van der Waals surface area contributed by atoms with Crippen LogP contribution in [0.4, 0.5) is 0 Å². The van der Waals surface area contributed by atoms with Gasteiger partial charge in [0.15, 0.2) is 5.96 Å². The van der Waals surface area contributed by atoms with Gasteiger partial charge in [-0.15, -0.1) is 22.7 Å². The van der Waals surface area contributed by atoms with E-state index in [9.17, 15) is 19.5 Å². The number of hydrogen-bond donors (Lipinski definition) is 6. The van der Waals surface area contributed by atoms with Crippen LogP contribution >= 0.6 is 22.7 Å². The number of fused-ring (bicyclic) bond motifs is 1. The number of hydrogen-bond acceptors (Lipinski definition) is 9. The fourth-order valence-corrected chi connectivity index (χ4v) is 6.59. The zero-order chi connectivity index (χ0) is 33.8. The van der Waals surface area contributed by atoms with Crippen LogP contribution in [0.1, 0.15) is 55.5 Å². The van der Waals surface area contributed by atoms with Crippen LogP contribution < -0.4 is 27.4 Å². The second kappa shape index (κ2) is 17.5. The maximum atomic E-state index is 13.8. The Balaban J connectivity index is 1.47. The molecule has 8 N–H and O–H groups in total. The minimum atomic E-state index is -1.11. The first-order valence-corrected chi connectivity index (χ1v) is 17.3. The molecule has 2 aromatic heterocycles. The van der Waals surface area contributed by atoms with Crippen LogP contribution in [0.15, 0.2) is 70.5 Å². The number of thiazole rings is 2. The molecule has 2 aromatic carbocycles. The van der Waals surface area contributed by atoms with E-state index in [2.05, 4.69) is 30.9 Å². The van der Waals surface area contributed by atoms with E-state index in [1.54, 1.807) is 5.51 Å². The molecule has 0 bridgehead atoms. The van der Waals surface area contributed by atoms with E-state index in [0.29, 0.717) is 36.5 Å². The molecule has 4 atom stereocenters. The number of para-hydroxylation sites is 1.